The summed E-state index contributed by atoms with van der Waals surface area (Å²) in [6, 6.07) is 0. The molecule has 0 aliphatic heterocycles. The van der Waals surface area contributed by atoms with Gasteiger partial charge in [0.1, 0.15) is 0 Å². The van der Waals surface area contributed by atoms with Crippen molar-refractivity contribution in [3.05, 3.63) is 0 Å². The fourth-order valence-corrected chi connectivity index (χ4v) is 5.10. The minimum atomic E-state index is -0.312. The van der Waals surface area contributed by atoms with Gasteiger partial charge in [-0.25, -0.2) is 0 Å². The minimum absolute atomic E-state index is 0.143. The largest absolute Gasteiger partial charge is 0.359 e. The van der Waals surface area contributed by atoms with Crippen molar-refractivity contribution >= 4 is 5.91 Å². The van der Waals surface area contributed by atoms with Crippen LogP contribution in [-0.2, 0) is 4.79 Å². The summed E-state index contributed by atoms with van der Waals surface area (Å²) < 4.78 is 0. The van der Waals surface area contributed by atoms with E-state index in [1.54, 1.807) is 7.05 Å². The third-order valence-corrected chi connectivity index (χ3v) is 4.60. The molecule has 0 spiro atoms. The predicted molar refractivity (Wildman–Crippen MR) is 97.9 cm³/mol. The standard InChI is InChI=1S/C20H41NO/c1-11-12-17(2,3)13-18(4,5)14-19(6,7)15-20(8,9)16(22)21-10/h11-15H2,1-10H3,(H,21,22). The molecule has 0 unspecified atom stereocenters. The molecule has 0 fully saturated rings. The van der Waals surface area contributed by atoms with Crippen LogP contribution in [0, 0.1) is 21.7 Å². The lowest BCUT2D eigenvalue weighted by molar-refractivity contribution is -0.130. The summed E-state index contributed by atoms with van der Waals surface area (Å²) in [4.78, 5) is 12.1. The highest BCUT2D eigenvalue weighted by Gasteiger charge is 2.38. The van der Waals surface area contributed by atoms with E-state index in [0.29, 0.717) is 10.8 Å². The molecule has 2 heteroatoms. The Bertz CT molecular complexity index is 364. The third kappa shape index (κ3) is 7.65. The van der Waals surface area contributed by atoms with Crippen LogP contribution in [0.4, 0.5) is 0 Å². The number of carbonyl (C=O) groups is 1. The Morgan fingerprint density at radius 2 is 1.18 bits per heavy atom. The second-order valence-electron chi connectivity index (χ2n) is 10.2. The average Bonchev–Trinajstić information content (AvgIpc) is 2.22. The molecular formula is C20H41NO. The number of hydrogen-bond acceptors (Lipinski definition) is 1. The van der Waals surface area contributed by atoms with Crippen LogP contribution in [0.25, 0.3) is 0 Å². The van der Waals surface area contributed by atoms with Crippen molar-refractivity contribution in [2.24, 2.45) is 21.7 Å². The zero-order chi connectivity index (χ0) is 17.8. The van der Waals surface area contributed by atoms with Crippen molar-refractivity contribution in [1.82, 2.24) is 5.32 Å². The fourth-order valence-electron chi connectivity index (χ4n) is 5.10. The Morgan fingerprint density at radius 3 is 1.59 bits per heavy atom. The van der Waals surface area contributed by atoms with E-state index in [1.807, 2.05) is 0 Å². The molecule has 0 bridgehead atoms. The molecule has 1 amide bonds. The Hall–Kier alpha value is -0.530. The highest BCUT2D eigenvalue weighted by atomic mass is 16.2. The number of amides is 1. The van der Waals surface area contributed by atoms with Gasteiger partial charge in [-0.1, -0.05) is 68.7 Å². The molecule has 132 valence electrons. The average molecular weight is 312 g/mol. The molecule has 0 radical (unpaired) electrons. The molecule has 0 aromatic rings. The summed E-state index contributed by atoms with van der Waals surface area (Å²) in [6.45, 7) is 20.6. The van der Waals surface area contributed by atoms with Crippen molar-refractivity contribution < 1.29 is 4.79 Å². The zero-order valence-electron chi connectivity index (χ0n) is 16.9. The van der Waals surface area contributed by atoms with Gasteiger partial charge in [0.15, 0.2) is 0 Å². The fraction of sp³-hybridized carbons (Fsp3) is 0.950. The van der Waals surface area contributed by atoms with E-state index in [4.69, 9.17) is 0 Å². The molecule has 0 aliphatic rings. The number of rotatable bonds is 9. The van der Waals surface area contributed by atoms with Crippen LogP contribution in [0.15, 0.2) is 0 Å². The molecule has 0 aromatic carbocycles. The lowest BCUT2D eigenvalue weighted by atomic mass is 9.63. The van der Waals surface area contributed by atoms with Gasteiger partial charge in [-0.15, -0.1) is 0 Å². The molecule has 0 aliphatic carbocycles. The topological polar surface area (TPSA) is 29.1 Å². The Morgan fingerprint density at radius 1 is 0.773 bits per heavy atom. The summed E-state index contributed by atoms with van der Waals surface area (Å²) in [7, 11) is 1.73. The number of carbonyl (C=O) groups excluding carboxylic acids is 1. The molecular weight excluding hydrogens is 270 g/mol. The maximum absolute atomic E-state index is 12.1. The SMILES string of the molecule is CCCC(C)(C)CC(C)(C)CC(C)(C)CC(C)(C)C(=O)NC. The summed E-state index contributed by atoms with van der Waals surface area (Å²) in [5.74, 6) is 0.143. The molecule has 1 N–H and O–H groups in total. The van der Waals surface area contributed by atoms with Crippen LogP contribution in [-0.4, -0.2) is 13.0 Å². The first-order chi connectivity index (χ1) is 9.66. The summed E-state index contributed by atoms with van der Waals surface area (Å²) in [5.41, 5.74) is 0.528. The summed E-state index contributed by atoms with van der Waals surface area (Å²) in [6.07, 6.45) is 5.82. The van der Waals surface area contributed by atoms with Gasteiger partial charge < -0.3 is 5.32 Å². The molecule has 0 saturated heterocycles. The monoisotopic (exact) mass is 311 g/mol. The summed E-state index contributed by atoms with van der Waals surface area (Å²) in [5, 5.41) is 2.81. The lowest BCUT2D eigenvalue weighted by Crippen LogP contribution is -2.39. The second-order valence-corrected chi connectivity index (χ2v) is 10.2. The normalized spacial score (nSPS) is 14.1. The van der Waals surface area contributed by atoms with Crippen LogP contribution in [0.5, 0.6) is 0 Å². The predicted octanol–water partition coefficient (Wildman–Crippen LogP) is 5.81. The lowest BCUT2D eigenvalue weighted by Gasteiger charge is -2.42. The minimum Gasteiger partial charge on any atom is -0.359 e. The van der Waals surface area contributed by atoms with Gasteiger partial charge in [0.25, 0.3) is 0 Å². The van der Waals surface area contributed by atoms with Gasteiger partial charge in [-0.05, 0) is 41.9 Å². The molecule has 22 heavy (non-hydrogen) atoms. The van der Waals surface area contributed by atoms with Crippen LogP contribution < -0.4 is 5.32 Å². The van der Waals surface area contributed by atoms with E-state index in [-0.39, 0.29) is 16.7 Å². The van der Waals surface area contributed by atoms with Gasteiger partial charge in [0, 0.05) is 12.5 Å². The molecule has 2 nitrogen and oxygen atoms in total. The maximum atomic E-state index is 12.1. The number of hydrogen-bond donors (Lipinski definition) is 1. The van der Waals surface area contributed by atoms with E-state index in [9.17, 15) is 4.79 Å². The van der Waals surface area contributed by atoms with Crippen molar-refractivity contribution in [2.75, 3.05) is 7.05 Å². The Kier molecular flexibility index (Phi) is 7.18. The van der Waals surface area contributed by atoms with E-state index in [0.717, 1.165) is 12.8 Å². The van der Waals surface area contributed by atoms with Gasteiger partial charge in [0.05, 0.1) is 0 Å². The molecule has 0 heterocycles. The van der Waals surface area contributed by atoms with Crippen LogP contribution >= 0.6 is 0 Å². The van der Waals surface area contributed by atoms with Crippen molar-refractivity contribution in [1.29, 1.82) is 0 Å². The van der Waals surface area contributed by atoms with Crippen molar-refractivity contribution in [2.45, 2.75) is 94.4 Å². The van der Waals surface area contributed by atoms with Gasteiger partial charge in [0.2, 0.25) is 5.91 Å². The third-order valence-electron chi connectivity index (χ3n) is 4.60. The zero-order valence-corrected chi connectivity index (χ0v) is 16.9. The van der Waals surface area contributed by atoms with Crippen LogP contribution in [0.1, 0.15) is 94.4 Å². The van der Waals surface area contributed by atoms with Crippen LogP contribution in [0.3, 0.4) is 0 Å². The van der Waals surface area contributed by atoms with E-state index in [1.165, 1.54) is 19.3 Å². The highest BCUT2D eigenvalue weighted by Crippen LogP contribution is 2.47. The molecule has 0 rings (SSSR count). The Balaban J connectivity index is 4.91. The van der Waals surface area contributed by atoms with Crippen molar-refractivity contribution in [3.63, 3.8) is 0 Å². The highest BCUT2D eigenvalue weighted by molar-refractivity contribution is 5.81. The van der Waals surface area contributed by atoms with Gasteiger partial charge >= 0.3 is 0 Å². The summed E-state index contributed by atoms with van der Waals surface area (Å²) >= 11 is 0. The first-order valence-corrected chi connectivity index (χ1v) is 8.89. The first kappa shape index (κ1) is 21.5. The van der Waals surface area contributed by atoms with Crippen molar-refractivity contribution in [3.8, 4) is 0 Å². The van der Waals surface area contributed by atoms with E-state index in [2.05, 4.69) is 67.6 Å². The smallest absolute Gasteiger partial charge is 0.225 e. The first-order valence-electron chi connectivity index (χ1n) is 8.89. The van der Waals surface area contributed by atoms with E-state index < -0.39 is 0 Å². The Labute approximate surface area is 139 Å². The van der Waals surface area contributed by atoms with E-state index >= 15 is 0 Å². The molecule has 0 aromatic heterocycles. The quantitative estimate of drug-likeness (QED) is 0.572. The molecule has 0 atom stereocenters. The molecule has 0 saturated carbocycles. The van der Waals surface area contributed by atoms with Gasteiger partial charge in [-0.3, -0.25) is 4.79 Å². The van der Waals surface area contributed by atoms with Crippen LogP contribution in [0.2, 0.25) is 0 Å². The van der Waals surface area contributed by atoms with Gasteiger partial charge in [-0.2, -0.15) is 0 Å². The number of nitrogens with one attached hydrogen (secondary N) is 1. The second kappa shape index (κ2) is 7.36. The maximum Gasteiger partial charge on any atom is 0.225 e.